The van der Waals surface area contributed by atoms with Crippen LogP contribution in [0.2, 0.25) is 0 Å². The van der Waals surface area contributed by atoms with Crippen molar-refractivity contribution < 1.29 is 9.90 Å². The molecule has 2 heteroatoms. The summed E-state index contributed by atoms with van der Waals surface area (Å²) in [4.78, 5) is 12.0. The van der Waals surface area contributed by atoms with Gasteiger partial charge in [0.25, 0.3) is 0 Å². The second-order valence-electron chi connectivity index (χ2n) is 12.0. The van der Waals surface area contributed by atoms with E-state index < -0.39 is 5.60 Å². The van der Waals surface area contributed by atoms with E-state index in [4.69, 9.17) is 0 Å². The predicted octanol–water partition coefficient (Wildman–Crippen LogP) is 6.32. The number of allylic oxidation sites excluding steroid dienone is 2. The highest BCUT2D eigenvalue weighted by molar-refractivity contribution is 5.82. The maximum Gasteiger partial charge on any atom is 0.136 e. The lowest BCUT2D eigenvalue weighted by Crippen LogP contribution is -2.50. The smallest absolute Gasteiger partial charge is 0.136 e. The van der Waals surface area contributed by atoms with Gasteiger partial charge in [-0.25, -0.2) is 0 Å². The molecule has 3 fully saturated rings. The third-order valence-corrected chi connectivity index (χ3v) is 9.91. The van der Waals surface area contributed by atoms with Crippen LogP contribution in [0.15, 0.2) is 11.6 Å². The molecule has 7 atom stereocenters. The van der Waals surface area contributed by atoms with Crippen molar-refractivity contribution in [3.8, 4) is 0 Å². The van der Waals surface area contributed by atoms with Crippen LogP contribution in [0.3, 0.4) is 0 Å². The molecule has 0 amide bonds. The molecule has 2 nitrogen and oxygen atoms in total. The van der Waals surface area contributed by atoms with E-state index in [-0.39, 0.29) is 0 Å². The summed E-state index contributed by atoms with van der Waals surface area (Å²) >= 11 is 0. The minimum atomic E-state index is -0.539. The zero-order valence-corrected chi connectivity index (χ0v) is 18.9. The lowest BCUT2D eigenvalue weighted by molar-refractivity contribution is -0.122. The maximum absolute atomic E-state index is 12.0. The van der Waals surface area contributed by atoms with Gasteiger partial charge >= 0.3 is 0 Å². The molecule has 4 rings (SSSR count). The molecule has 0 bridgehead atoms. The third kappa shape index (κ3) is 3.32. The number of rotatable bonds is 4. The number of aliphatic hydroxyl groups is 1. The van der Waals surface area contributed by atoms with Crippen LogP contribution in [-0.4, -0.2) is 16.5 Å². The number of hydrogen-bond acceptors (Lipinski definition) is 2. The molecule has 0 aromatic rings. The summed E-state index contributed by atoms with van der Waals surface area (Å²) in [6.07, 6.45) is 13.9. The Morgan fingerprint density at radius 3 is 2.64 bits per heavy atom. The second-order valence-corrected chi connectivity index (χ2v) is 12.0. The number of fused-ring (bicyclic) bond motifs is 5. The van der Waals surface area contributed by atoms with Gasteiger partial charge in [0.2, 0.25) is 0 Å². The monoisotopic (exact) mass is 386 g/mol. The zero-order valence-electron chi connectivity index (χ0n) is 18.9. The summed E-state index contributed by atoms with van der Waals surface area (Å²) in [6.45, 7) is 11.4. The Morgan fingerprint density at radius 1 is 1.18 bits per heavy atom. The van der Waals surface area contributed by atoms with Crippen molar-refractivity contribution in [2.45, 2.75) is 104 Å². The average Bonchev–Trinajstić information content (AvgIpc) is 2.97. The molecule has 4 aliphatic carbocycles. The van der Waals surface area contributed by atoms with E-state index in [0.717, 1.165) is 55.8 Å². The molecule has 4 aliphatic rings. The van der Waals surface area contributed by atoms with Gasteiger partial charge in [-0.05, 0) is 106 Å². The average molecular weight is 387 g/mol. The van der Waals surface area contributed by atoms with E-state index in [1.54, 1.807) is 0 Å². The van der Waals surface area contributed by atoms with Gasteiger partial charge in [-0.1, -0.05) is 32.4 Å². The fourth-order valence-electron chi connectivity index (χ4n) is 8.23. The van der Waals surface area contributed by atoms with Crippen molar-refractivity contribution in [2.24, 2.45) is 40.4 Å². The minimum Gasteiger partial charge on any atom is -0.390 e. The van der Waals surface area contributed by atoms with Crippen molar-refractivity contribution in [3.63, 3.8) is 0 Å². The summed E-state index contributed by atoms with van der Waals surface area (Å²) in [5, 5.41) is 10.2. The van der Waals surface area contributed by atoms with Gasteiger partial charge in [0.05, 0.1) is 5.60 Å². The number of carbonyl (C=O) groups is 1. The van der Waals surface area contributed by atoms with Gasteiger partial charge in [0, 0.05) is 12.8 Å². The van der Waals surface area contributed by atoms with E-state index >= 15 is 0 Å². The molecule has 0 spiro atoms. The van der Waals surface area contributed by atoms with Gasteiger partial charge in [-0.15, -0.1) is 0 Å². The van der Waals surface area contributed by atoms with Crippen molar-refractivity contribution >= 4 is 5.78 Å². The highest BCUT2D eigenvalue weighted by Crippen LogP contribution is 2.67. The minimum absolute atomic E-state index is 0.294. The summed E-state index contributed by atoms with van der Waals surface area (Å²) < 4.78 is 0. The summed E-state index contributed by atoms with van der Waals surface area (Å²) in [5.74, 6) is 4.45. The molecule has 0 aromatic heterocycles. The van der Waals surface area contributed by atoms with Crippen molar-refractivity contribution in [2.75, 3.05) is 0 Å². The molecule has 0 aliphatic heterocycles. The van der Waals surface area contributed by atoms with Crippen LogP contribution in [0.25, 0.3) is 0 Å². The molecule has 5 unspecified atom stereocenters. The number of carbonyl (C=O) groups excluding carboxylic acids is 1. The van der Waals surface area contributed by atoms with Crippen LogP contribution in [0, 0.1) is 40.4 Å². The maximum atomic E-state index is 12.0. The van der Waals surface area contributed by atoms with Crippen LogP contribution in [0.5, 0.6) is 0 Å². The number of ketones is 1. The Kier molecular flexibility index (Phi) is 5.13. The van der Waals surface area contributed by atoms with Crippen LogP contribution in [-0.2, 0) is 4.79 Å². The Bertz CT molecular complexity index is 656. The fourth-order valence-corrected chi connectivity index (χ4v) is 8.23. The lowest BCUT2D eigenvalue weighted by Gasteiger charge is -2.58. The number of hydrogen-bond donors (Lipinski definition) is 1. The fraction of sp³-hybridized carbons (Fsp3) is 0.885. The first kappa shape index (κ1) is 20.6. The summed E-state index contributed by atoms with van der Waals surface area (Å²) in [5.41, 5.74) is 1.72. The van der Waals surface area contributed by atoms with Crippen molar-refractivity contribution in [1.82, 2.24) is 0 Å². The Hall–Kier alpha value is -0.630. The van der Waals surface area contributed by atoms with E-state index in [9.17, 15) is 9.90 Å². The second kappa shape index (κ2) is 6.96. The van der Waals surface area contributed by atoms with Gasteiger partial charge in [-0.3, -0.25) is 4.79 Å². The first-order valence-corrected chi connectivity index (χ1v) is 12.0. The van der Waals surface area contributed by atoms with E-state index in [0.29, 0.717) is 22.5 Å². The molecule has 28 heavy (non-hydrogen) atoms. The summed E-state index contributed by atoms with van der Waals surface area (Å²) in [7, 11) is 0. The van der Waals surface area contributed by atoms with Gasteiger partial charge in [-0.2, -0.15) is 0 Å². The Labute approximate surface area is 172 Å². The molecule has 0 heterocycles. The van der Waals surface area contributed by atoms with Crippen LogP contribution >= 0.6 is 0 Å². The molecule has 3 saturated carbocycles. The Morgan fingerprint density at radius 2 is 1.93 bits per heavy atom. The zero-order chi connectivity index (χ0) is 20.3. The molecule has 158 valence electrons. The van der Waals surface area contributed by atoms with Crippen molar-refractivity contribution in [1.29, 1.82) is 0 Å². The molecule has 0 radical (unpaired) electrons. The predicted molar refractivity (Wildman–Crippen MR) is 115 cm³/mol. The van der Waals surface area contributed by atoms with Gasteiger partial charge in [0.1, 0.15) is 5.78 Å². The molecular formula is C26H42O2. The SMILES string of the molecule is C[C@H](CCC(C)(C)O)C1CCC2C3CC=C4CC(=O)CC[C@]4(C)C3CCC21C. The third-order valence-electron chi connectivity index (χ3n) is 9.91. The normalized spacial score (nSPS) is 44.4. The van der Waals surface area contributed by atoms with E-state index in [2.05, 4.69) is 26.8 Å². The highest BCUT2D eigenvalue weighted by atomic mass is 16.3. The van der Waals surface area contributed by atoms with Gasteiger partial charge < -0.3 is 5.11 Å². The topological polar surface area (TPSA) is 37.3 Å². The molecule has 0 aromatic carbocycles. The van der Waals surface area contributed by atoms with E-state index in [1.165, 1.54) is 37.7 Å². The first-order chi connectivity index (χ1) is 13.0. The van der Waals surface area contributed by atoms with Gasteiger partial charge in [0.15, 0.2) is 0 Å². The quantitative estimate of drug-likeness (QED) is 0.574. The van der Waals surface area contributed by atoms with Crippen molar-refractivity contribution in [3.05, 3.63) is 11.6 Å². The largest absolute Gasteiger partial charge is 0.390 e. The standard InChI is InChI=1S/C26H42O2/c1-17(10-13-24(2,3)28)21-8-9-22-20-7-6-18-16-19(27)11-14-25(18,4)23(20)12-15-26(21,22)5/h6,17,20-23,28H,7-16H2,1-5H3/t17-,20?,21?,22?,23?,25+,26?/m1/s1. The van der Waals surface area contributed by atoms with Crippen LogP contribution < -0.4 is 0 Å². The van der Waals surface area contributed by atoms with Crippen LogP contribution in [0.1, 0.15) is 98.8 Å². The molecular weight excluding hydrogens is 344 g/mol. The lowest BCUT2D eigenvalue weighted by atomic mass is 9.47. The highest BCUT2D eigenvalue weighted by Gasteiger charge is 2.59. The molecule has 0 saturated heterocycles. The molecule has 1 N–H and O–H groups in total. The first-order valence-electron chi connectivity index (χ1n) is 12.0. The summed E-state index contributed by atoms with van der Waals surface area (Å²) in [6, 6.07) is 0. The number of Topliss-reactive ketones (excluding diaryl/α,β-unsaturated/α-hetero) is 1. The van der Waals surface area contributed by atoms with E-state index in [1.807, 2.05) is 13.8 Å². The Balaban J connectivity index is 1.53. The van der Waals surface area contributed by atoms with Crippen LogP contribution in [0.4, 0.5) is 0 Å².